The maximum atomic E-state index is 14.0. The normalized spacial score (nSPS) is 12.0. The van der Waals surface area contributed by atoms with Gasteiger partial charge in [-0.3, -0.25) is 13.9 Å². The van der Waals surface area contributed by atoms with Crippen LogP contribution in [0.15, 0.2) is 77.7 Å². The van der Waals surface area contributed by atoms with E-state index in [4.69, 9.17) is 9.47 Å². The number of amides is 2. The molecule has 0 aliphatic heterocycles. The predicted octanol–water partition coefficient (Wildman–Crippen LogP) is 4.37. The Kier molecular flexibility index (Phi) is 10.7. The van der Waals surface area contributed by atoms with Crippen LogP contribution in [0.25, 0.3) is 0 Å². The van der Waals surface area contributed by atoms with E-state index in [1.54, 1.807) is 37.3 Å². The number of sulfonamides is 1. The van der Waals surface area contributed by atoms with Crippen molar-refractivity contribution in [1.82, 2.24) is 10.2 Å². The van der Waals surface area contributed by atoms with E-state index >= 15 is 0 Å². The van der Waals surface area contributed by atoms with Gasteiger partial charge in [0.15, 0.2) is 11.5 Å². The number of para-hydroxylation sites is 1. The van der Waals surface area contributed by atoms with Crippen LogP contribution >= 0.6 is 0 Å². The molecule has 0 spiro atoms. The standard InChI is InChI=1S/C30H36FN3O6S/c1-6-26(30(36)32-21(2)3)33(19-22-12-14-23(31)15-13-22)29(35)20-34(24-10-8-7-9-11-24)41(37,38)25-16-17-27(39-4)28(18-25)40-5/h7-18,21,26H,6,19-20H2,1-5H3,(H,32,36). The number of hydrogen-bond donors (Lipinski definition) is 1. The Morgan fingerprint density at radius 2 is 1.56 bits per heavy atom. The summed E-state index contributed by atoms with van der Waals surface area (Å²) in [4.78, 5) is 28.4. The molecule has 0 aliphatic rings. The van der Waals surface area contributed by atoms with Gasteiger partial charge in [0.1, 0.15) is 18.4 Å². The quantitative estimate of drug-likeness (QED) is 0.320. The van der Waals surface area contributed by atoms with Crippen molar-refractivity contribution in [1.29, 1.82) is 0 Å². The molecule has 0 heterocycles. The van der Waals surface area contributed by atoms with Crippen molar-refractivity contribution in [2.45, 2.75) is 50.7 Å². The molecule has 0 saturated heterocycles. The molecule has 3 rings (SSSR count). The minimum Gasteiger partial charge on any atom is -0.493 e. The van der Waals surface area contributed by atoms with E-state index in [0.717, 1.165) is 4.31 Å². The highest BCUT2D eigenvalue weighted by Gasteiger charge is 2.34. The number of anilines is 1. The molecular formula is C30H36FN3O6S. The van der Waals surface area contributed by atoms with E-state index in [9.17, 15) is 22.4 Å². The highest BCUT2D eigenvalue weighted by atomic mass is 32.2. The molecule has 41 heavy (non-hydrogen) atoms. The lowest BCUT2D eigenvalue weighted by molar-refractivity contribution is -0.140. The van der Waals surface area contributed by atoms with E-state index in [1.807, 2.05) is 13.8 Å². The number of nitrogens with one attached hydrogen (secondary N) is 1. The van der Waals surface area contributed by atoms with Gasteiger partial charge in [-0.2, -0.15) is 0 Å². The first-order valence-electron chi connectivity index (χ1n) is 13.2. The molecule has 1 atom stereocenters. The molecule has 0 bridgehead atoms. The summed E-state index contributed by atoms with van der Waals surface area (Å²) in [6.45, 7) is 4.77. The number of hydrogen-bond acceptors (Lipinski definition) is 6. The van der Waals surface area contributed by atoms with Crippen LogP contribution in [0.1, 0.15) is 32.8 Å². The minimum absolute atomic E-state index is 0.0256. The maximum Gasteiger partial charge on any atom is 0.264 e. The van der Waals surface area contributed by atoms with Gasteiger partial charge in [-0.1, -0.05) is 37.3 Å². The Hall–Kier alpha value is -4.12. The monoisotopic (exact) mass is 585 g/mol. The Bertz CT molecular complexity index is 1430. The van der Waals surface area contributed by atoms with Crippen molar-refractivity contribution < 1.29 is 31.9 Å². The topological polar surface area (TPSA) is 105 Å². The van der Waals surface area contributed by atoms with Crippen LogP contribution in [0.4, 0.5) is 10.1 Å². The van der Waals surface area contributed by atoms with Crippen LogP contribution in [0, 0.1) is 5.82 Å². The smallest absolute Gasteiger partial charge is 0.264 e. The third-order valence-electron chi connectivity index (χ3n) is 6.35. The number of halogens is 1. The van der Waals surface area contributed by atoms with Crippen LogP contribution in [0.3, 0.4) is 0 Å². The second-order valence-electron chi connectivity index (χ2n) is 9.60. The van der Waals surface area contributed by atoms with Gasteiger partial charge in [-0.25, -0.2) is 12.8 Å². The van der Waals surface area contributed by atoms with E-state index in [-0.39, 0.29) is 41.2 Å². The summed E-state index contributed by atoms with van der Waals surface area (Å²) in [6, 6.07) is 16.9. The van der Waals surface area contributed by atoms with Gasteiger partial charge < -0.3 is 19.7 Å². The van der Waals surface area contributed by atoms with Crippen molar-refractivity contribution >= 4 is 27.5 Å². The van der Waals surface area contributed by atoms with Crippen LogP contribution < -0.4 is 19.1 Å². The lowest BCUT2D eigenvalue weighted by atomic mass is 10.1. The molecule has 0 fully saturated rings. The number of nitrogens with zero attached hydrogens (tertiary/aromatic N) is 2. The minimum atomic E-state index is -4.29. The average molecular weight is 586 g/mol. The summed E-state index contributed by atoms with van der Waals surface area (Å²) in [5.41, 5.74) is 0.849. The van der Waals surface area contributed by atoms with E-state index in [0.29, 0.717) is 11.3 Å². The van der Waals surface area contributed by atoms with E-state index in [2.05, 4.69) is 5.32 Å². The van der Waals surface area contributed by atoms with Crippen LogP contribution in [-0.2, 0) is 26.2 Å². The third-order valence-corrected chi connectivity index (χ3v) is 8.12. The van der Waals surface area contributed by atoms with Gasteiger partial charge in [0.2, 0.25) is 11.8 Å². The largest absolute Gasteiger partial charge is 0.493 e. The van der Waals surface area contributed by atoms with E-state index in [1.165, 1.54) is 61.6 Å². The van der Waals surface area contributed by atoms with Gasteiger partial charge in [0.05, 0.1) is 24.8 Å². The Morgan fingerprint density at radius 1 is 0.927 bits per heavy atom. The first-order valence-corrected chi connectivity index (χ1v) is 14.6. The lowest BCUT2D eigenvalue weighted by Gasteiger charge is -2.33. The van der Waals surface area contributed by atoms with Crippen LogP contribution in [-0.4, -0.2) is 58.0 Å². The molecular weight excluding hydrogens is 549 g/mol. The number of ether oxygens (including phenoxy) is 2. The third kappa shape index (κ3) is 7.75. The maximum absolute atomic E-state index is 14.0. The Balaban J connectivity index is 2.07. The van der Waals surface area contributed by atoms with Gasteiger partial charge in [0.25, 0.3) is 10.0 Å². The number of carbonyl (C=O) groups excluding carboxylic acids is 2. The number of carbonyl (C=O) groups is 2. The molecule has 0 aromatic heterocycles. The molecule has 1 N–H and O–H groups in total. The SMILES string of the molecule is CCC(C(=O)NC(C)C)N(Cc1ccc(F)cc1)C(=O)CN(c1ccccc1)S(=O)(=O)c1ccc(OC)c(OC)c1. The van der Waals surface area contributed by atoms with Gasteiger partial charge >= 0.3 is 0 Å². The number of rotatable bonds is 13. The zero-order chi connectivity index (χ0) is 30.2. The zero-order valence-corrected chi connectivity index (χ0v) is 24.7. The fourth-order valence-electron chi connectivity index (χ4n) is 4.31. The van der Waals surface area contributed by atoms with Crippen molar-refractivity contribution in [3.05, 3.63) is 84.2 Å². The van der Waals surface area contributed by atoms with Gasteiger partial charge in [0, 0.05) is 18.7 Å². The first kappa shape index (κ1) is 31.4. The highest BCUT2D eigenvalue weighted by molar-refractivity contribution is 7.92. The lowest BCUT2D eigenvalue weighted by Crippen LogP contribution is -2.53. The summed E-state index contributed by atoms with van der Waals surface area (Å²) in [7, 11) is -1.45. The molecule has 220 valence electrons. The summed E-state index contributed by atoms with van der Waals surface area (Å²) < 4.78 is 53.2. The predicted molar refractivity (Wildman–Crippen MR) is 155 cm³/mol. The summed E-state index contributed by atoms with van der Waals surface area (Å²) in [6.07, 6.45) is 0.277. The van der Waals surface area contributed by atoms with E-state index < -0.39 is 34.3 Å². The molecule has 9 nitrogen and oxygen atoms in total. The molecule has 3 aromatic rings. The number of methoxy groups -OCH3 is 2. The molecule has 3 aromatic carbocycles. The second kappa shape index (κ2) is 14.0. The Labute approximate surface area is 240 Å². The molecule has 11 heteroatoms. The highest BCUT2D eigenvalue weighted by Crippen LogP contribution is 2.32. The fraction of sp³-hybridized carbons (Fsp3) is 0.333. The summed E-state index contributed by atoms with van der Waals surface area (Å²) in [5.74, 6) is -0.851. The van der Waals surface area contributed by atoms with Crippen LogP contribution in [0.5, 0.6) is 11.5 Å². The molecule has 0 aliphatic carbocycles. The van der Waals surface area contributed by atoms with Gasteiger partial charge in [-0.05, 0) is 62.2 Å². The average Bonchev–Trinajstić information content (AvgIpc) is 2.96. The first-order chi connectivity index (χ1) is 19.5. The van der Waals surface area contributed by atoms with Crippen molar-refractivity contribution in [3.8, 4) is 11.5 Å². The summed E-state index contributed by atoms with van der Waals surface area (Å²) in [5, 5.41) is 2.84. The Morgan fingerprint density at radius 3 is 2.12 bits per heavy atom. The molecule has 2 amide bonds. The van der Waals surface area contributed by atoms with Crippen molar-refractivity contribution in [3.63, 3.8) is 0 Å². The number of benzene rings is 3. The molecule has 1 unspecified atom stereocenters. The van der Waals surface area contributed by atoms with Crippen molar-refractivity contribution in [2.75, 3.05) is 25.1 Å². The molecule has 0 saturated carbocycles. The van der Waals surface area contributed by atoms with Crippen LogP contribution in [0.2, 0.25) is 0 Å². The van der Waals surface area contributed by atoms with Crippen molar-refractivity contribution in [2.24, 2.45) is 0 Å². The zero-order valence-electron chi connectivity index (χ0n) is 23.8. The summed E-state index contributed by atoms with van der Waals surface area (Å²) >= 11 is 0. The van der Waals surface area contributed by atoms with Gasteiger partial charge in [-0.15, -0.1) is 0 Å². The molecule has 0 radical (unpaired) electrons. The fourth-order valence-corrected chi connectivity index (χ4v) is 5.74. The second-order valence-corrected chi connectivity index (χ2v) is 11.5.